The predicted octanol–water partition coefficient (Wildman–Crippen LogP) is 1.70. The molecular weight excluding hydrogens is 190 g/mol. The quantitative estimate of drug-likeness (QED) is 0.746. The van der Waals surface area contributed by atoms with Crippen LogP contribution in [-0.2, 0) is 4.79 Å². The van der Waals surface area contributed by atoms with Gasteiger partial charge in [-0.05, 0) is 38.5 Å². The molecule has 88 valence electrons. The lowest BCUT2D eigenvalue weighted by Crippen LogP contribution is -2.40. The fourth-order valence-electron chi connectivity index (χ4n) is 2.24. The second-order valence-corrected chi connectivity index (χ2v) is 4.72. The van der Waals surface area contributed by atoms with Gasteiger partial charge in [-0.1, -0.05) is 13.3 Å². The predicted molar refractivity (Wildman–Crippen MR) is 60.4 cm³/mol. The van der Waals surface area contributed by atoms with Crippen LogP contribution in [0.25, 0.3) is 0 Å². The molecule has 0 aliphatic heterocycles. The standard InChI is InChI=1S/C12H23NO2/c1-3-10-4-6-11(7-5-10)12(15)13-9(2)8-14/h9-11,14H,3-8H2,1-2H3,(H,13,15)/t9-,10-,11+/m1/s1. The average molecular weight is 213 g/mol. The van der Waals surface area contributed by atoms with E-state index in [4.69, 9.17) is 5.11 Å². The Labute approximate surface area is 92.3 Å². The molecule has 0 aromatic heterocycles. The molecule has 0 heterocycles. The second kappa shape index (κ2) is 6.11. The largest absolute Gasteiger partial charge is 0.394 e. The van der Waals surface area contributed by atoms with Crippen molar-refractivity contribution in [2.24, 2.45) is 11.8 Å². The van der Waals surface area contributed by atoms with Crippen molar-refractivity contribution in [2.45, 2.75) is 52.0 Å². The van der Waals surface area contributed by atoms with Gasteiger partial charge in [-0.25, -0.2) is 0 Å². The topological polar surface area (TPSA) is 49.3 Å². The maximum absolute atomic E-state index is 11.7. The minimum Gasteiger partial charge on any atom is -0.394 e. The maximum atomic E-state index is 11.7. The molecule has 15 heavy (non-hydrogen) atoms. The van der Waals surface area contributed by atoms with Crippen molar-refractivity contribution in [1.82, 2.24) is 5.32 Å². The van der Waals surface area contributed by atoms with Gasteiger partial charge in [-0.2, -0.15) is 0 Å². The molecule has 3 nitrogen and oxygen atoms in total. The molecular formula is C12H23NO2. The van der Waals surface area contributed by atoms with E-state index in [1.54, 1.807) is 0 Å². The van der Waals surface area contributed by atoms with E-state index in [0.29, 0.717) is 0 Å². The van der Waals surface area contributed by atoms with E-state index >= 15 is 0 Å². The van der Waals surface area contributed by atoms with Gasteiger partial charge in [-0.15, -0.1) is 0 Å². The van der Waals surface area contributed by atoms with Crippen LogP contribution in [0.3, 0.4) is 0 Å². The van der Waals surface area contributed by atoms with Crippen LogP contribution in [-0.4, -0.2) is 23.7 Å². The lowest BCUT2D eigenvalue weighted by atomic mass is 9.80. The van der Waals surface area contributed by atoms with Crippen molar-refractivity contribution in [3.8, 4) is 0 Å². The Morgan fingerprint density at radius 2 is 2.00 bits per heavy atom. The number of nitrogens with one attached hydrogen (secondary N) is 1. The summed E-state index contributed by atoms with van der Waals surface area (Å²) in [5.41, 5.74) is 0. The zero-order chi connectivity index (χ0) is 11.3. The first kappa shape index (κ1) is 12.5. The number of carbonyl (C=O) groups excluding carboxylic acids is 1. The molecule has 0 saturated heterocycles. The Hall–Kier alpha value is -0.570. The van der Waals surface area contributed by atoms with E-state index in [1.165, 1.54) is 19.3 Å². The van der Waals surface area contributed by atoms with Crippen LogP contribution >= 0.6 is 0 Å². The third-order valence-corrected chi connectivity index (χ3v) is 3.46. The van der Waals surface area contributed by atoms with Crippen molar-refractivity contribution in [2.75, 3.05) is 6.61 Å². The van der Waals surface area contributed by atoms with Gasteiger partial charge >= 0.3 is 0 Å². The number of hydrogen-bond acceptors (Lipinski definition) is 2. The monoisotopic (exact) mass is 213 g/mol. The molecule has 3 heteroatoms. The van der Waals surface area contributed by atoms with Crippen molar-refractivity contribution in [1.29, 1.82) is 0 Å². The van der Waals surface area contributed by atoms with E-state index in [9.17, 15) is 4.79 Å². The van der Waals surface area contributed by atoms with Crippen molar-refractivity contribution in [3.63, 3.8) is 0 Å². The van der Waals surface area contributed by atoms with E-state index in [0.717, 1.165) is 18.8 Å². The third-order valence-electron chi connectivity index (χ3n) is 3.46. The van der Waals surface area contributed by atoms with E-state index in [2.05, 4.69) is 12.2 Å². The van der Waals surface area contributed by atoms with Gasteiger partial charge in [0.25, 0.3) is 0 Å². The van der Waals surface area contributed by atoms with Gasteiger partial charge in [0, 0.05) is 12.0 Å². The van der Waals surface area contributed by atoms with E-state index in [1.807, 2.05) is 6.92 Å². The van der Waals surface area contributed by atoms with Crippen LogP contribution in [0.15, 0.2) is 0 Å². The minimum absolute atomic E-state index is 0.0239. The van der Waals surface area contributed by atoms with Gasteiger partial charge in [0.2, 0.25) is 5.91 Å². The van der Waals surface area contributed by atoms with Gasteiger partial charge in [-0.3, -0.25) is 4.79 Å². The van der Waals surface area contributed by atoms with Crippen molar-refractivity contribution < 1.29 is 9.90 Å². The Balaban J connectivity index is 2.30. The molecule has 1 rings (SSSR count). The van der Waals surface area contributed by atoms with Crippen LogP contribution < -0.4 is 5.32 Å². The molecule has 0 spiro atoms. The third kappa shape index (κ3) is 3.82. The van der Waals surface area contributed by atoms with Gasteiger partial charge in [0.15, 0.2) is 0 Å². The molecule has 0 aromatic rings. The molecule has 0 aromatic carbocycles. The van der Waals surface area contributed by atoms with Crippen LogP contribution in [0.2, 0.25) is 0 Å². The number of aliphatic hydroxyl groups excluding tert-OH is 1. The lowest BCUT2D eigenvalue weighted by molar-refractivity contribution is -0.127. The Morgan fingerprint density at radius 3 is 2.47 bits per heavy atom. The van der Waals surface area contributed by atoms with E-state index in [-0.39, 0.29) is 24.5 Å². The molecule has 2 N–H and O–H groups in total. The number of carbonyl (C=O) groups is 1. The molecule has 1 amide bonds. The first-order valence-corrected chi connectivity index (χ1v) is 6.08. The number of rotatable bonds is 4. The molecule has 0 bridgehead atoms. The highest BCUT2D eigenvalue weighted by Crippen LogP contribution is 2.30. The molecule has 1 aliphatic rings. The highest BCUT2D eigenvalue weighted by atomic mass is 16.3. The van der Waals surface area contributed by atoms with Gasteiger partial charge in [0.1, 0.15) is 0 Å². The Morgan fingerprint density at radius 1 is 1.40 bits per heavy atom. The zero-order valence-corrected chi connectivity index (χ0v) is 9.83. The summed E-state index contributed by atoms with van der Waals surface area (Å²) in [4.78, 5) is 11.7. The average Bonchev–Trinajstić information content (AvgIpc) is 2.29. The Kier molecular flexibility index (Phi) is 5.09. The normalized spacial score (nSPS) is 28.5. The molecule has 1 aliphatic carbocycles. The summed E-state index contributed by atoms with van der Waals surface area (Å²) >= 11 is 0. The molecule has 1 atom stereocenters. The second-order valence-electron chi connectivity index (χ2n) is 4.72. The first-order valence-electron chi connectivity index (χ1n) is 6.08. The van der Waals surface area contributed by atoms with Crippen molar-refractivity contribution >= 4 is 5.91 Å². The summed E-state index contributed by atoms with van der Waals surface area (Å²) in [6.07, 6.45) is 5.64. The number of hydrogen-bond donors (Lipinski definition) is 2. The molecule has 0 unspecified atom stereocenters. The summed E-state index contributed by atoms with van der Waals surface area (Å²) < 4.78 is 0. The number of amides is 1. The highest BCUT2D eigenvalue weighted by molar-refractivity contribution is 5.78. The van der Waals surface area contributed by atoms with E-state index < -0.39 is 0 Å². The maximum Gasteiger partial charge on any atom is 0.223 e. The fraction of sp³-hybridized carbons (Fsp3) is 0.917. The fourth-order valence-corrected chi connectivity index (χ4v) is 2.24. The minimum atomic E-state index is -0.110. The van der Waals surface area contributed by atoms with Crippen molar-refractivity contribution in [3.05, 3.63) is 0 Å². The van der Waals surface area contributed by atoms with Crippen LogP contribution in [0.1, 0.15) is 46.0 Å². The van der Waals surface area contributed by atoms with Crippen LogP contribution in [0, 0.1) is 11.8 Å². The SMILES string of the molecule is CC[C@H]1CC[C@@H](C(=O)N[C@H](C)CO)CC1. The summed E-state index contributed by atoms with van der Waals surface area (Å²) in [6, 6.07) is -0.110. The summed E-state index contributed by atoms with van der Waals surface area (Å²) in [5, 5.41) is 11.7. The number of aliphatic hydroxyl groups is 1. The molecule has 0 radical (unpaired) electrons. The van der Waals surface area contributed by atoms with Gasteiger partial charge in [0.05, 0.1) is 6.61 Å². The molecule has 1 fully saturated rings. The van der Waals surface area contributed by atoms with Crippen LogP contribution in [0.4, 0.5) is 0 Å². The summed E-state index contributed by atoms with van der Waals surface area (Å²) in [7, 11) is 0. The summed E-state index contributed by atoms with van der Waals surface area (Å²) in [6.45, 7) is 4.07. The highest BCUT2D eigenvalue weighted by Gasteiger charge is 2.25. The smallest absolute Gasteiger partial charge is 0.223 e. The molecule has 1 saturated carbocycles. The lowest BCUT2D eigenvalue weighted by Gasteiger charge is -2.27. The zero-order valence-electron chi connectivity index (χ0n) is 9.83. The first-order chi connectivity index (χ1) is 7.17. The Bertz CT molecular complexity index is 198. The van der Waals surface area contributed by atoms with Crippen LogP contribution in [0.5, 0.6) is 0 Å². The summed E-state index contributed by atoms with van der Waals surface area (Å²) in [5.74, 6) is 1.14. The van der Waals surface area contributed by atoms with Gasteiger partial charge < -0.3 is 10.4 Å².